The molecule has 0 bridgehead atoms. The van der Waals surface area contributed by atoms with Crippen molar-refractivity contribution in [2.45, 2.75) is 55.4 Å². The molecule has 108 valence electrons. The molecule has 1 saturated heterocycles. The Kier molecular flexibility index (Phi) is 6.53. The molecule has 2 nitrogen and oxygen atoms in total. The molecule has 0 radical (unpaired) electrons. The third-order valence-corrected chi connectivity index (χ3v) is 7.91. The predicted molar refractivity (Wildman–Crippen MR) is 90.7 cm³/mol. The molecule has 1 aromatic heterocycles. The molecule has 0 saturated carbocycles. The van der Waals surface area contributed by atoms with Gasteiger partial charge in [0.15, 0.2) is 0 Å². The second kappa shape index (κ2) is 7.91. The number of hydrogen-bond acceptors (Lipinski definition) is 5. The number of nitrogens with zero attached hydrogens (tertiary/aromatic N) is 1. The van der Waals surface area contributed by atoms with E-state index in [0.29, 0.717) is 11.3 Å². The van der Waals surface area contributed by atoms with Gasteiger partial charge < -0.3 is 5.32 Å². The summed E-state index contributed by atoms with van der Waals surface area (Å²) in [4.78, 5) is 4.46. The standard InChI is InChI=1S/C14H24N2S3/c1-4-5-15-12(8-14-16-6-7-17-14)13-9-18-10(2)11(3)19-13/h6-7,10-13,15H,4-5,8-9H2,1-3H3. The van der Waals surface area contributed by atoms with E-state index < -0.39 is 0 Å². The summed E-state index contributed by atoms with van der Waals surface area (Å²) in [5, 5.41) is 9.35. The van der Waals surface area contributed by atoms with E-state index in [2.05, 4.69) is 60.0 Å². The Morgan fingerprint density at radius 3 is 2.89 bits per heavy atom. The van der Waals surface area contributed by atoms with Gasteiger partial charge in [-0.1, -0.05) is 20.8 Å². The van der Waals surface area contributed by atoms with Crippen LogP contribution in [0.15, 0.2) is 11.6 Å². The van der Waals surface area contributed by atoms with Crippen LogP contribution in [0.3, 0.4) is 0 Å². The number of thioether (sulfide) groups is 2. The van der Waals surface area contributed by atoms with Gasteiger partial charge in [-0.2, -0.15) is 23.5 Å². The van der Waals surface area contributed by atoms with E-state index >= 15 is 0 Å². The molecule has 0 spiro atoms. The molecule has 4 unspecified atom stereocenters. The molecule has 1 aliphatic rings. The lowest BCUT2D eigenvalue weighted by Gasteiger charge is -2.36. The molecular weight excluding hydrogens is 292 g/mol. The monoisotopic (exact) mass is 316 g/mol. The van der Waals surface area contributed by atoms with E-state index in [9.17, 15) is 0 Å². The smallest absolute Gasteiger partial charge is 0.0940 e. The Bertz CT molecular complexity index is 356. The topological polar surface area (TPSA) is 24.9 Å². The lowest BCUT2D eigenvalue weighted by Crippen LogP contribution is -2.45. The first-order chi connectivity index (χ1) is 9.20. The zero-order chi connectivity index (χ0) is 13.7. The van der Waals surface area contributed by atoms with Gasteiger partial charge >= 0.3 is 0 Å². The molecule has 5 heteroatoms. The van der Waals surface area contributed by atoms with Crippen molar-refractivity contribution >= 4 is 34.9 Å². The minimum absolute atomic E-state index is 0.568. The summed E-state index contributed by atoms with van der Waals surface area (Å²) in [5.74, 6) is 1.27. The Labute approximate surface area is 129 Å². The zero-order valence-electron chi connectivity index (χ0n) is 12.0. The van der Waals surface area contributed by atoms with Crippen LogP contribution in [-0.2, 0) is 6.42 Å². The Morgan fingerprint density at radius 2 is 2.26 bits per heavy atom. The molecule has 0 amide bonds. The number of thiazole rings is 1. The lowest BCUT2D eigenvalue weighted by molar-refractivity contribution is 0.503. The number of aromatic nitrogens is 1. The van der Waals surface area contributed by atoms with Gasteiger partial charge in [0.1, 0.15) is 0 Å². The van der Waals surface area contributed by atoms with E-state index in [1.807, 2.05) is 6.20 Å². The Hall–Kier alpha value is 0.290. The Morgan fingerprint density at radius 1 is 1.42 bits per heavy atom. The quantitative estimate of drug-likeness (QED) is 0.865. The van der Waals surface area contributed by atoms with Crippen LogP contribution in [0.4, 0.5) is 0 Å². The van der Waals surface area contributed by atoms with Gasteiger partial charge in [0.2, 0.25) is 0 Å². The summed E-state index contributed by atoms with van der Waals surface area (Å²) in [6, 6.07) is 0.568. The summed E-state index contributed by atoms with van der Waals surface area (Å²) in [6.07, 6.45) is 4.20. The van der Waals surface area contributed by atoms with Crippen molar-refractivity contribution in [2.24, 2.45) is 0 Å². The van der Waals surface area contributed by atoms with Crippen LogP contribution in [0.2, 0.25) is 0 Å². The molecule has 2 heterocycles. The highest BCUT2D eigenvalue weighted by molar-refractivity contribution is 8.07. The highest BCUT2D eigenvalue weighted by Crippen LogP contribution is 2.37. The molecule has 19 heavy (non-hydrogen) atoms. The molecule has 1 aliphatic heterocycles. The van der Waals surface area contributed by atoms with E-state index in [0.717, 1.165) is 23.5 Å². The second-order valence-corrected chi connectivity index (χ2v) is 9.12. The van der Waals surface area contributed by atoms with Crippen molar-refractivity contribution in [1.82, 2.24) is 10.3 Å². The van der Waals surface area contributed by atoms with Crippen LogP contribution in [-0.4, -0.2) is 39.1 Å². The lowest BCUT2D eigenvalue weighted by atomic mass is 10.1. The largest absolute Gasteiger partial charge is 0.312 e. The number of rotatable bonds is 6. The van der Waals surface area contributed by atoms with Crippen LogP contribution < -0.4 is 5.32 Å². The van der Waals surface area contributed by atoms with Gasteiger partial charge in [-0.05, 0) is 13.0 Å². The molecule has 0 aliphatic carbocycles. The average Bonchev–Trinajstić information content (AvgIpc) is 2.91. The van der Waals surface area contributed by atoms with E-state index in [-0.39, 0.29) is 0 Å². The van der Waals surface area contributed by atoms with Crippen molar-refractivity contribution in [3.8, 4) is 0 Å². The highest BCUT2D eigenvalue weighted by Gasteiger charge is 2.31. The van der Waals surface area contributed by atoms with Crippen molar-refractivity contribution in [3.63, 3.8) is 0 Å². The summed E-state index contributed by atoms with van der Waals surface area (Å²) >= 11 is 6.08. The molecule has 1 N–H and O–H groups in total. The summed E-state index contributed by atoms with van der Waals surface area (Å²) in [7, 11) is 0. The fourth-order valence-corrected chi connectivity index (χ4v) is 6.03. The Balaban J connectivity index is 1.96. The highest BCUT2D eigenvalue weighted by atomic mass is 32.2. The van der Waals surface area contributed by atoms with E-state index in [4.69, 9.17) is 0 Å². The second-order valence-electron chi connectivity index (χ2n) is 5.11. The molecule has 1 fully saturated rings. The fraction of sp³-hybridized carbons (Fsp3) is 0.786. The van der Waals surface area contributed by atoms with Crippen LogP contribution >= 0.6 is 34.9 Å². The summed E-state index contributed by atoms with van der Waals surface area (Å²) in [6.45, 7) is 8.07. The SMILES string of the molecule is CCCNC(Cc1nccs1)C1CSC(C)C(C)S1. The van der Waals surface area contributed by atoms with Gasteiger partial charge in [0, 0.05) is 45.5 Å². The van der Waals surface area contributed by atoms with E-state index in [1.54, 1.807) is 11.3 Å². The van der Waals surface area contributed by atoms with Crippen molar-refractivity contribution in [3.05, 3.63) is 16.6 Å². The fourth-order valence-electron chi connectivity index (χ4n) is 2.23. The maximum Gasteiger partial charge on any atom is 0.0940 e. The van der Waals surface area contributed by atoms with Crippen LogP contribution in [0.25, 0.3) is 0 Å². The summed E-state index contributed by atoms with van der Waals surface area (Å²) < 4.78 is 0. The number of nitrogens with one attached hydrogen (secondary N) is 1. The van der Waals surface area contributed by atoms with Crippen LogP contribution in [0.1, 0.15) is 32.2 Å². The first-order valence-corrected chi connectivity index (χ1v) is 9.96. The molecule has 0 aromatic carbocycles. The third-order valence-electron chi connectivity index (χ3n) is 3.56. The maximum absolute atomic E-state index is 4.46. The van der Waals surface area contributed by atoms with Crippen molar-refractivity contribution < 1.29 is 0 Å². The molecular formula is C14H24N2S3. The van der Waals surface area contributed by atoms with E-state index in [1.165, 1.54) is 17.2 Å². The maximum atomic E-state index is 4.46. The average molecular weight is 317 g/mol. The van der Waals surface area contributed by atoms with Crippen LogP contribution in [0.5, 0.6) is 0 Å². The van der Waals surface area contributed by atoms with Gasteiger partial charge in [-0.25, -0.2) is 4.98 Å². The molecule has 4 atom stereocenters. The molecule has 1 aromatic rings. The normalized spacial score (nSPS) is 29.3. The third kappa shape index (κ3) is 4.66. The minimum Gasteiger partial charge on any atom is -0.312 e. The zero-order valence-corrected chi connectivity index (χ0v) is 14.4. The first-order valence-electron chi connectivity index (χ1n) is 7.09. The van der Waals surface area contributed by atoms with Gasteiger partial charge in [0.25, 0.3) is 0 Å². The number of hydrogen-bond donors (Lipinski definition) is 1. The first kappa shape index (κ1) is 15.7. The van der Waals surface area contributed by atoms with Crippen molar-refractivity contribution in [2.75, 3.05) is 12.3 Å². The van der Waals surface area contributed by atoms with Gasteiger partial charge in [-0.3, -0.25) is 0 Å². The van der Waals surface area contributed by atoms with Gasteiger partial charge in [-0.15, -0.1) is 11.3 Å². The van der Waals surface area contributed by atoms with Gasteiger partial charge in [0.05, 0.1) is 5.01 Å². The minimum atomic E-state index is 0.568. The molecule has 2 rings (SSSR count). The van der Waals surface area contributed by atoms with Crippen molar-refractivity contribution in [1.29, 1.82) is 0 Å². The predicted octanol–water partition coefficient (Wildman–Crippen LogP) is 3.68. The summed E-state index contributed by atoms with van der Waals surface area (Å²) in [5.41, 5.74) is 0. The van der Waals surface area contributed by atoms with Crippen LogP contribution in [0, 0.1) is 0 Å².